The van der Waals surface area contributed by atoms with E-state index in [2.05, 4.69) is 20.8 Å². The van der Waals surface area contributed by atoms with Gasteiger partial charge in [-0.05, 0) is 19.8 Å². The number of carbonyl (C=O) groups is 1. The van der Waals surface area contributed by atoms with Crippen LogP contribution in [-0.2, 0) is 16.0 Å². The van der Waals surface area contributed by atoms with Crippen molar-refractivity contribution in [3.63, 3.8) is 0 Å². The van der Waals surface area contributed by atoms with Crippen LogP contribution in [0.4, 0.5) is 5.82 Å². The van der Waals surface area contributed by atoms with Crippen LogP contribution in [-0.4, -0.2) is 38.3 Å². The third kappa shape index (κ3) is 2.94. The summed E-state index contributed by atoms with van der Waals surface area (Å²) in [7, 11) is 0. The number of ether oxygens (including phenoxy) is 1. The lowest BCUT2D eigenvalue weighted by Crippen LogP contribution is -2.25. The summed E-state index contributed by atoms with van der Waals surface area (Å²) >= 11 is 1.58. The molecule has 0 radical (unpaired) electrons. The van der Waals surface area contributed by atoms with Crippen LogP contribution in [0.3, 0.4) is 0 Å². The largest absolute Gasteiger partial charge is 0.379 e. The van der Waals surface area contributed by atoms with E-state index in [0.29, 0.717) is 12.4 Å². The molecular formula is C16H19N5O2S. The molecule has 0 aromatic carbocycles. The lowest BCUT2D eigenvalue weighted by molar-refractivity contribution is -0.115. The van der Waals surface area contributed by atoms with Crippen LogP contribution in [0.2, 0.25) is 0 Å². The van der Waals surface area contributed by atoms with Gasteiger partial charge in [0.25, 0.3) is 0 Å². The molecule has 4 heterocycles. The van der Waals surface area contributed by atoms with Gasteiger partial charge >= 0.3 is 0 Å². The van der Waals surface area contributed by atoms with Crippen molar-refractivity contribution in [3.05, 3.63) is 35.2 Å². The summed E-state index contributed by atoms with van der Waals surface area (Å²) in [5.74, 6) is 0.629. The van der Waals surface area contributed by atoms with Crippen molar-refractivity contribution >= 4 is 28.0 Å². The van der Waals surface area contributed by atoms with E-state index in [9.17, 15) is 4.79 Å². The Morgan fingerprint density at radius 2 is 2.46 bits per heavy atom. The summed E-state index contributed by atoms with van der Waals surface area (Å²) in [6, 6.07) is 2.01. The minimum Gasteiger partial charge on any atom is -0.379 e. The van der Waals surface area contributed by atoms with E-state index in [1.165, 1.54) is 0 Å². The molecule has 1 N–H and O–H groups in total. The second kappa shape index (κ2) is 6.37. The normalized spacial score (nSPS) is 18.1. The van der Waals surface area contributed by atoms with Crippen LogP contribution in [0.25, 0.3) is 4.96 Å². The fraction of sp³-hybridized carbons (Fsp3) is 0.438. The summed E-state index contributed by atoms with van der Waals surface area (Å²) in [6.07, 6.45) is 5.91. The van der Waals surface area contributed by atoms with Crippen molar-refractivity contribution in [1.29, 1.82) is 0 Å². The van der Waals surface area contributed by atoms with Gasteiger partial charge < -0.3 is 10.1 Å². The number of hydrogen-bond acceptors (Lipinski definition) is 5. The molecule has 0 saturated carbocycles. The van der Waals surface area contributed by atoms with Crippen molar-refractivity contribution < 1.29 is 9.53 Å². The Labute approximate surface area is 143 Å². The molecule has 3 aromatic rings. The number of aryl methyl sites for hydroxylation is 1. The van der Waals surface area contributed by atoms with Crippen molar-refractivity contribution in [2.24, 2.45) is 0 Å². The molecule has 7 nitrogen and oxygen atoms in total. The molecule has 3 aromatic heterocycles. The Kier molecular flexibility index (Phi) is 4.07. The highest BCUT2D eigenvalue weighted by Gasteiger charge is 2.20. The molecule has 0 aliphatic carbocycles. The molecule has 1 amide bonds. The number of hydrogen-bond donors (Lipinski definition) is 1. The maximum Gasteiger partial charge on any atom is 0.231 e. The van der Waals surface area contributed by atoms with Gasteiger partial charge in [-0.3, -0.25) is 9.20 Å². The molecule has 1 saturated heterocycles. The summed E-state index contributed by atoms with van der Waals surface area (Å²) in [6.45, 7) is 3.47. The molecule has 0 spiro atoms. The number of carbonyl (C=O) groups excluding carboxylic acids is 1. The van der Waals surface area contributed by atoms with Gasteiger partial charge in [-0.15, -0.1) is 11.3 Å². The smallest absolute Gasteiger partial charge is 0.231 e. The number of amides is 1. The van der Waals surface area contributed by atoms with Gasteiger partial charge in [0.2, 0.25) is 5.91 Å². The van der Waals surface area contributed by atoms with Crippen LogP contribution in [0.1, 0.15) is 30.3 Å². The van der Waals surface area contributed by atoms with Crippen LogP contribution in [0, 0.1) is 6.92 Å². The summed E-state index contributed by atoms with van der Waals surface area (Å²) in [5, 5.41) is 9.34. The minimum absolute atomic E-state index is 0.0862. The quantitative estimate of drug-likeness (QED) is 0.788. The van der Waals surface area contributed by atoms with Crippen LogP contribution in [0.5, 0.6) is 0 Å². The Hall–Kier alpha value is -2.19. The second-order valence-electron chi connectivity index (χ2n) is 6.02. The first kappa shape index (κ1) is 15.3. The van der Waals surface area contributed by atoms with E-state index in [4.69, 9.17) is 4.74 Å². The molecule has 1 atom stereocenters. The third-order valence-electron chi connectivity index (χ3n) is 4.20. The molecule has 1 aliphatic rings. The fourth-order valence-corrected chi connectivity index (χ4v) is 3.87. The van der Waals surface area contributed by atoms with Crippen LogP contribution in [0.15, 0.2) is 23.8 Å². The predicted molar refractivity (Wildman–Crippen MR) is 91.5 cm³/mol. The summed E-state index contributed by atoms with van der Waals surface area (Å²) in [5.41, 5.74) is 1.90. The number of fused-ring (bicyclic) bond motifs is 1. The molecule has 1 aliphatic heterocycles. The SMILES string of the molecule is Cc1csc2nc(CC(=O)Nc3ccnn3[C@H]3CCCOC3)cn12. The number of aromatic nitrogens is 4. The number of rotatable bonds is 4. The van der Waals surface area contributed by atoms with Gasteiger partial charge in [0.05, 0.1) is 31.0 Å². The standard InChI is InChI=1S/C16H19N5O2S/c1-11-10-24-16-18-12(8-20(11)16)7-15(22)19-14-4-5-17-21(14)13-3-2-6-23-9-13/h4-5,8,10,13H,2-3,6-7,9H2,1H3,(H,19,22)/t13-/m0/s1. The first-order valence-corrected chi connectivity index (χ1v) is 8.92. The maximum absolute atomic E-state index is 12.4. The molecular weight excluding hydrogens is 326 g/mol. The first-order valence-electron chi connectivity index (χ1n) is 8.04. The summed E-state index contributed by atoms with van der Waals surface area (Å²) < 4.78 is 9.38. The lowest BCUT2D eigenvalue weighted by atomic mass is 10.1. The highest BCUT2D eigenvalue weighted by atomic mass is 32.1. The molecule has 8 heteroatoms. The van der Waals surface area contributed by atoms with Crippen LogP contribution < -0.4 is 5.32 Å². The third-order valence-corrected chi connectivity index (χ3v) is 5.16. The van der Waals surface area contributed by atoms with E-state index in [1.54, 1.807) is 17.5 Å². The van der Waals surface area contributed by atoms with Gasteiger partial charge in [0.1, 0.15) is 5.82 Å². The number of imidazole rings is 1. The first-order chi connectivity index (χ1) is 11.7. The zero-order chi connectivity index (χ0) is 16.5. The van der Waals surface area contributed by atoms with Gasteiger partial charge in [0.15, 0.2) is 4.96 Å². The average molecular weight is 345 g/mol. The highest BCUT2D eigenvalue weighted by Crippen LogP contribution is 2.23. The number of nitrogens with zero attached hydrogens (tertiary/aromatic N) is 4. The Morgan fingerprint density at radius 1 is 1.54 bits per heavy atom. The molecule has 1 fully saturated rings. The summed E-state index contributed by atoms with van der Waals surface area (Å²) in [4.78, 5) is 17.8. The van der Waals surface area contributed by atoms with Gasteiger partial charge in [-0.25, -0.2) is 9.67 Å². The number of thiazole rings is 1. The minimum atomic E-state index is -0.0862. The number of anilines is 1. The second-order valence-corrected chi connectivity index (χ2v) is 6.86. The van der Waals surface area contributed by atoms with E-state index >= 15 is 0 Å². The van der Waals surface area contributed by atoms with Crippen molar-refractivity contribution in [3.8, 4) is 0 Å². The molecule has 126 valence electrons. The number of nitrogens with one attached hydrogen (secondary N) is 1. The van der Waals surface area contributed by atoms with Crippen molar-refractivity contribution in [1.82, 2.24) is 19.2 Å². The van der Waals surface area contributed by atoms with Gasteiger partial charge in [-0.1, -0.05) is 0 Å². The molecule has 0 bridgehead atoms. The van der Waals surface area contributed by atoms with E-state index in [0.717, 1.165) is 35.8 Å². The van der Waals surface area contributed by atoms with Crippen molar-refractivity contribution in [2.45, 2.75) is 32.2 Å². The Morgan fingerprint density at radius 3 is 3.25 bits per heavy atom. The van der Waals surface area contributed by atoms with E-state index in [1.807, 2.05) is 28.3 Å². The molecule has 0 unspecified atom stereocenters. The van der Waals surface area contributed by atoms with Crippen LogP contribution >= 0.6 is 11.3 Å². The maximum atomic E-state index is 12.4. The zero-order valence-electron chi connectivity index (χ0n) is 13.4. The topological polar surface area (TPSA) is 73.5 Å². The lowest BCUT2D eigenvalue weighted by Gasteiger charge is -2.24. The van der Waals surface area contributed by atoms with Gasteiger partial charge in [0, 0.05) is 29.9 Å². The Balaban J connectivity index is 1.45. The monoisotopic (exact) mass is 345 g/mol. The van der Waals surface area contributed by atoms with E-state index in [-0.39, 0.29) is 18.4 Å². The average Bonchev–Trinajstić information content (AvgIpc) is 3.27. The predicted octanol–water partition coefficient (Wildman–Crippen LogP) is 2.43. The van der Waals surface area contributed by atoms with Crippen molar-refractivity contribution in [2.75, 3.05) is 18.5 Å². The van der Waals surface area contributed by atoms with E-state index < -0.39 is 0 Å². The molecule has 24 heavy (non-hydrogen) atoms. The highest BCUT2D eigenvalue weighted by molar-refractivity contribution is 7.15. The Bertz CT molecular complexity index is 859. The van der Waals surface area contributed by atoms with Gasteiger partial charge in [-0.2, -0.15) is 5.10 Å². The fourth-order valence-electron chi connectivity index (χ4n) is 3.00. The molecule has 4 rings (SSSR count). The zero-order valence-corrected chi connectivity index (χ0v) is 14.3.